The Hall–Kier alpha value is -2.14. The lowest BCUT2D eigenvalue weighted by Gasteiger charge is -2.02. The smallest absolute Gasteiger partial charge is 0.248 e. The predicted octanol–water partition coefficient (Wildman–Crippen LogP) is 3.95. The van der Waals surface area contributed by atoms with E-state index in [1.165, 1.54) is 24.3 Å². The molecule has 0 saturated heterocycles. The van der Waals surface area contributed by atoms with E-state index in [0.29, 0.717) is 11.3 Å². The molecule has 2 rings (SSSR count). The molecule has 2 aromatic carbocycles. The average molecular weight is 336 g/mol. The van der Waals surface area contributed by atoms with Crippen molar-refractivity contribution >= 4 is 33.6 Å². The number of aromatic hydroxyl groups is 1. The Labute approximate surface area is 123 Å². The topological polar surface area (TPSA) is 49.3 Å². The van der Waals surface area contributed by atoms with Crippen LogP contribution < -0.4 is 5.32 Å². The summed E-state index contributed by atoms with van der Waals surface area (Å²) in [6.07, 6.45) is 2.81. The molecule has 102 valence electrons. The number of benzene rings is 2. The summed E-state index contributed by atoms with van der Waals surface area (Å²) in [6.45, 7) is 0. The van der Waals surface area contributed by atoms with Crippen LogP contribution in [0.15, 0.2) is 53.0 Å². The van der Waals surface area contributed by atoms with E-state index < -0.39 is 11.6 Å². The van der Waals surface area contributed by atoms with Gasteiger partial charge in [0.05, 0.1) is 0 Å². The number of halogens is 2. The lowest BCUT2D eigenvalue weighted by Crippen LogP contribution is -2.07. The van der Waals surface area contributed by atoms with Gasteiger partial charge in [-0.3, -0.25) is 4.79 Å². The minimum absolute atomic E-state index is 0.313. The van der Waals surface area contributed by atoms with Crippen LogP contribution in [0.3, 0.4) is 0 Å². The molecule has 0 bridgehead atoms. The van der Waals surface area contributed by atoms with Gasteiger partial charge in [-0.2, -0.15) is 0 Å². The van der Waals surface area contributed by atoms with Gasteiger partial charge in [-0.1, -0.05) is 28.1 Å². The van der Waals surface area contributed by atoms with Crippen molar-refractivity contribution in [3.8, 4) is 5.75 Å². The third-order valence-corrected chi connectivity index (χ3v) is 2.98. The SMILES string of the molecule is O=C(/C=C/c1ccc(F)c(O)c1)Nc1cccc(Br)c1. The van der Waals surface area contributed by atoms with Crippen LogP contribution in [0.4, 0.5) is 10.1 Å². The van der Waals surface area contributed by atoms with Crippen LogP contribution in [0.25, 0.3) is 6.08 Å². The van der Waals surface area contributed by atoms with Crippen molar-refractivity contribution in [3.05, 3.63) is 64.4 Å². The molecule has 20 heavy (non-hydrogen) atoms. The van der Waals surface area contributed by atoms with Crippen molar-refractivity contribution < 1.29 is 14.3 Å². The minimum Gasteiger partial charge on any atom is -0.505 e. The molecule has 0 heterocycles. The number of nitrogens with one attached hydrogen (secondary N) is 1. The summed E-state index contributed by atoms with van der Waals surface area (Å²) in [7, 11) is 0. The van der Waals surface area contributed by atoms with Gasteiger partial charge in [-0.05, 0) is 42.0 Å². The van der Waals surface area contributed by atoms with E-state index in [1.807, 2.05) is 6.07 Å². The summed E-state index contributed by atoms with van der Waals surface area (Å²) in [4.78, 5) is 11.7. The number of phenolic OH excluding ortho intramolecular Hbond substituents is 1. The van der Waals surface area contributed by atoms with Gasteiger partial charge in [0.1, 0.15) is 0 Å². The van der Waals surface area contributed by atoms with E-state index in [0.717, 1.165) is 10.5 Å². The molecule has 0 fully saturated rings. The van der Waals surface area contributed by atoms with Crippen molar-refractivity contribution in [2.24, 2.45) is 0 Å². The quantitative estimate of drug-likeness (QED) is 0.834. The van der Waals surface area contributed by atoms with Crippen LogP contribution in [-0.4, -0.2) is 11.0 Å². The maximum absolute atomic E-state index is 12.9. The van der Waals surface area contributed by atoms with Crippen LogP contribution in [0.5, 0.6) is 5.75 Å². The maximum Gasteiger partial charge on any atom is 0.248 e. The zero-order chi connectivity index (χ0) is 14.5. The summed E-state index contributed by atoms with van der Waals surface area (Å²) in [5, 5.41) is 11.9. The molecule has 0 aromatic heterocycles. The van der Waals surface area contributed by atoms with Gasteiger partial charge < -0.3 is 10.4 Å². The highest BCUT2D eigenvalue weighted by Gasteiger charge is 2.01. The van der Waals surface area contributed by atoms with Gasteiger partial charge in [0.2, 0.25) is 5.91 Å². The van der Waals surface area contributed by atoms with Gasteiger partial charge in [-0.25, -0.2) is 4.39 Å². The van der Waals surface area contributed by atoms with E-state index >= 15 is 0 Å². The number of carbonyl (C=O) groups is 1. The zero-order valence-electron chi connectivity index (χ0n) is 10.3. The van der Waals surface area contributed by atoms with E-state index in [2.05, 4.69) is 21.2 Å². The summed E-state index contributed by atoms with van der Waals surface area (Å²) >= 11 is 3.31. The first-order chi connectivity index (χ1) is 9.54. The van der Waals surface area contributed by atoms with Crippen molar-refractivity contribution in [1.29, 1.82) is 0 Å². The molecule has 1 amide bonds. The predicted molar refractivity (Wildman–Crippen MR) is 79.9 cm³/mol. The van der Waals surface area contributed by atoms with E-state index in [-0.39, 0.29) is 5.91 Å². The van der Waals surface area contributed by atoms with Crippen LogP contribution >= 0.6 is 15.9 Å². The molecule has 0 aliphatic heterocycles. The number of rotatable bonds is 3. The lowest BCUT2D eigenvalue weighted by atomic mass is 10.2. The first-order valence-electron chi connectivity index (χ1n) is 5.78. The second-order valence-electron chi connectivity index (χ2n) is 4.04. The lowest BCUT2D eigenvalue weighted by molar-refractivity contribution is -0.111. The highest BCUT2D eigenvalue weighted by atomic mass is 79.9. The van der Waals surface area contributed by atoms with Crippen LogP contribution in [0, 0.1) is 5.82 Å². The number of anilines is 1. The number of phenols is 1. The molecule has 0 spiro atoms. The molecule has 2 N–H and O–H groups in total. The summed E-state index contributed by atoms with van der Waals surface area (Å²) < 4.78 is 13.7. The third kappa shape index (κ3) is 3.93. The Morgan fingerprint density at radius 1 is 1.25 bits per heavy atom. The Balaban J connectivity index is 2.03. The van der Waals surface area contributed by atoms with Gasteiger partial charge >= 0.3 is 0 Å². The maximum atomic E-state index is 12.9. The molecule has 5 heteroatoms. The van der Waals surface area contributed by atoms with Crippen molar-refractivity contribution in [2.45, 2.75) is 0 Å². The fourth-order valence-corrected chi connectivity index (χ4v) is 1.95. The molecule has 2 aromatic rings. The van der Waals surface area contributed by atoms with Crippen molar-refractivity contribution in [1.82, 2.24) is 0 Å². The normalized spacial score (nSPS) is 10.7. The molecule has 0 aliphatic carbocycles. The standard InChI is InChI=1S/C15H11BrFNO2/c16-11-2-1-3-12(9-11)18-15(20)7-5-10-4-6-13(17)14(19)8-10/h1-9,19H,(H,18,20)/b7-5+. The van der Waals surface area contributed by atoms with Gasteiger partial charge in [-0.15, -0.1) is 0 Å². The van der Waals surface area contributed by atoms with Crippen LogP contribution in [0.2, 0.25) is 0 Å². The average Bonchev–Trinajstić information content (AvgIpc) is 2.40. The second kappa shape index (κ2) is 6.34. The number of hydrogen-bond donors (Lipinski definition) is 2. The largest absolute Gasteiger partial charge is 0.505 e. The molecule has 0 radical (unpaired) electrons. The Morgan fingerprint density at radius 3 is 2.75 bits per heavy atom. The summed E-state index contributed by atoms with van der Waals surface area (Å²) in [5.74, 6) is -1.45. The molecule has 0 aliphatic rings. The molecular weight excluding hydrogens is 325 g/mol. The second-order valence-corrected chi connectivity index (χ2v) is 4.96. The first kappa shape index (κ1) is 14.3. The molecule has 0 atom stereocenters. The van der Waals surface area contributed by atoms with Gasteiger partial charge in [0.15, 0.2) is 11.6 Å². The van der Waals surface area contributed by atoms with Gasteiger partial charge in [0, 0.05) is 16.2 Å². The Bertz CT molecular complexity index is 671. The highest BCUT2D eigenvalue weighted by molar-refractivity contribution is 9.10. The highest BCUT2D eigenvalue weighted by Crippen LogP contribution is 2.18. The zero-order valence-corrected chi connectivity index (χ0v) is 11.9. The van der Waals surface area contributed by atoms with Crippen molar-refractivity contribution in [2.75, 3.05) is 5.32 Å². The van der Waals surface area contributed by atoms with Crippen LogP contribution in [-0.2, 0) is 4.79 Å². The third-order valence-electron chi connectivity index (χ3n) is 2.49. The number of amides is 1. The fourth-order valence-electron chi connectivity index (χ4n) is 1.56. The molecule has 0 unspecified atom stereocenters. The van der Waals surface area contributed by atoms with E-state index in [1.54, 1.807) is 18.2 Å². The van der Waals surface area contributed by atoms with E-state index in [4.69, 9.17) is 0 Å². The Kier molecular flexibility index (Phi) is 4.53. The van der Waals surface area contributed by atoms with E-state index in [9.17, 15) is 14.3 Å². The van der Waals surface area contributed by atoms with Crippen LogP contribution in [0.1, 0.15) is 5.56 Å². The molecule has 0 saturated carbocycles. The fraction of sp³-hybridized carbons (Fsp3) is 0. The number of hydrogen-bond acceptors (Lipinski definition) is 2. The minimum atomic E-state index is -0.694. The number of carbonyl (C=O) groups excluding carboxylic acids is 1. The Morgan fingerprint density at radius 2 is 2.05 bits per heavy atom. The summed E-state index contributed by atoms with van der Waals surface area (Å²) in [6, 6.07) is 11.1. The monoisotopic (exact) mass is 335 g/mol. The first-order valence-corrected chi connectivity index (χ1v) is 6.57. The van der Waals surface area contributed by atoms with Gasteiger partial charge in [0.25, 0.3) is 0 Å². The van der Waals surface area contributed by atoms with Crippen molar-refractivity contribution in [3.63, 3.8) is 0 Å². The molecular formula is C15H11BrFNO2. The molecule has 3 nitrogen and oxygen atoms in total. The summed E-state index contributed by atoms with van der Waals surface area (Å²) in [5.41, 5.74) is 1.20.